The highest BCUT2D eigenvalue weighted by atomic mass is 79.9. The maximum Gasteiger partial charge on any atom is 0.325 e. The zero-order valence-corrected chi connectivity index (χ0v) is 13.6. The van der Waals surface area contributed by atoms with Crippen LogP contribution in [0.3, 0.4) is 0 Å². The first kappa shape index (κ1) is 17.1. The Bertz CT molecular complexity index is 419. The molecule has 0 heterocycles. The molecule has 0 amide bonds. The van der Waals surface area contributed by atoms with Crippen molar-refractivity contribution in [2.45, 2.75) is 30.9 Å². The van der Waals surface area contributed by atoms with Gasteiger partial charge in [-0.1, -0.05) is 53.2 Å². The van der Waals surface area contributed by atoms with Crippen LogP contribution in [-0.2, 0) is 20.9 Å². The third-order valence-electron chi connectivity index (χ3n) is 3.17. The van der Waals surface area contributed by atoms with Gasteiger partial charge in [0.15, 0.2) is 0 Å². The highest BCUT2D eigenvalue weighted by Gasteiger charge is 2.41. The molecule has 0 aromatic heterocycles. The SMILES string of the molecule is COC(=O)C(C)(Br)[C@H](O)[C@@H](C)COCc1ccccc1. The number of aliphatic hydroxyl groups excluding tert-OH is 1. The first-order valence-electron chi connectivity index (χ1n) is 6.46. The van der Waals surface area contributed by atoms with E-state index in [2.05, 4.69) is 20.7 Å². The Morgan fingerprint density at radius 2 is 2.00 bits per heavy atom. The van der Waals surface area contributed by atoms with E-state index < -0.39 is 16.4 Å². The highest BCUT2D eigenvalue weighted by Crippen LogP contribution is 2.28. The zero-order chi connectivity index (χ0) is 15.2. The molecular formula is C15H21BrO4. The quantitative estimate of drug-likeness (QED) is 0.610. The standard InChI is InChI=1S/C15H21BrO4/c1-11(13(17)15(2,16)14(18)19-3)9-20-10-12-7-5-4-6-8-12/h4-8,11,13,17H,9-10H2,1-3H3/t11-,13+,15?/m0/s1. The molecule has 112 valence electrons. The molecule has 0 radical (unpaired) electrons. The maximum atomic E-state index is 11.6. The maximum absolute atomic E-state index is 11.6. The molecule has 20 heavy (non-hydrogen) atoms. The molecule has 1 rings (SSSR count). The molecule has 0 aliphatic rings. The normalized spacial score (nSPS) is 17.1. The van der Waals surface area contributed by atoms with Crippen molar-refractivity contribution in [1.82, 2.24) is 0 Å². The van der Waals surface area contributed by atoms with Crippen LogP contribution in [0.25, 0.3) is 0 Å². The Balaban J connectivity index is 2.46. The van der Waals surface area contributed by atoms with E-state index in [1.807, 2.05) is 37.3 Å². The van der Waals surface area contributed by atoms with Crippen molar-refractivity contribution >= 4 is 21.9 Å². The molecule has 0 aliphatic heterocycles. The smallest absolute Gasteiger partial charge is 0.325 e. The summed E-state index contributed by atoms with van der Waals surface area (Å²) in [6, 6.07) is 9.80. The lowest BCUT2D eigenvalue weighted by atomic mass is 9.94. The number of ether oxygens (including phenoxy) is 2. The Hall–Kier alpha value is -0.910. The number of benzene rings is 1. The number of carbonyl (C=O) groups is 1. The van der Waals surface area contributed by atoms with Gasteiger partial charge < -0.3 is 14.6 Å². The van der Waals surface area contributed by atoms with Crippen LogP contribution >= 0.6 is 15.9 Å². The number of aliphatic hydroxyl groups is 1. The molecule has 0 aliphatic carbocycles. The van der Waals surface area contributed by atoms with E-state index in [-0.39, 0.29) is 5.92 Å². The van der Waals surface area contributed by atoms with Crippen LogP contribution in [0, 0.1) is 5.92 Å². The number of hydrogen-bond donors (Lipinski definition) is 1. The number of carbonyl (C=O) groups excluding carboxylic acids is 1. The van der Waals surface area contributed by atoms with Crippen molar-refractivity contribution in [2.75, 3.05) is 13.7 Å². The molecule has 4 nitrogen and oxygen atoms in total. The van der Waals surface area contributed by atoms with E-state index in [4.69, 9.17) is 4.74 Å². The number of rotatable bonds is 7. The van der Waals surface area contributed by atoms with Crippen molar-refractivity contribution in [3.8, 4) is 0 Å². The van der Waals surface area contributed by atoms with E-state index >= 15 is 0 Å². The Labute approximate surface area is 128 Å². The second-order valence-corrected chi connectivity index (χ2v) is 6.64. The van der Waals surface area contributed by atoms with Gasteiger partial charge in [-0.05, 0) is 12.5 Å². The van der Waals surface area contributed by atoms with Crippen LogP contribution in [0.2, 0.25) is 0 Å². The molecule has 0 saturated carbocycles. The van der Waals surface area contributed by atoms with Crippen LogP contribution in [0.1, 0.15) is 19.4 Å². The summed E-state index contributed by atoms with van der Waals surface area (Å²) in [4.78, 5) is 11.6. The Morgan fingerprint density at radius 3 is 2.55 bits per heavy atom. The van der Waals surface area contributed by atoms with E-state index in [1.54, 1.807) is 6.92 Å². The molecule has 0 fully saturated rings. The van der Waals surface area contributed by atoms with Gasteiger partial charge in [0.25, 0.3) is 0 Å². The fourth-order valence-corrected chi connectivity index (χ4v) is 2.50. The summed E-state index contributed by atoms with van der Waals surface area (Å²) in [7, 11) is 1.30. The summed E-state index contributed by atoms with van der Waals surface area (Å²) >= 11 is 3.23. The van der Waals surface area contributed by atoms with E-state index in [0.29, 0.717) is 13.2 Å². The van der Waals surface area contributed by atoms with Gasteiger partial charge in [-0.3, -0.25) is 4.79 Å². The summed E-state index contributed by atoms with van der Waals surface area (Å²) in [5.74, 6) is -0.706. The van der Waals surface area contributed by atoms with Crippen LogP contribution in [0.5, 0.6) is 0 Å². The van der Waals surface area contributed by atoms with Gasteiger partial charge in [0.05, 0.1) is 26.4 Å². The Kier molecular flexibility index (Phi) is 6.65. The van der Waals surface area contributed by atoms with Gasteiger partial charge in [-0.25, -0.2) is 0 Å². The van der Waals surface area contributed by atoms with Gasteiger partial charge in [0.1, 0.15) is 4.32 Å². The Morgan fingerprint density at radius 1 is 1.40 bits per heavy atom. The molecule has 0 spiro atoms. The lowest BCUT2D eigenvalue weighted by Crippen LogP contribution is -2.46. The molecule has 5 heteroatoms. The topological polar surface area (TPSA) is 55.8 Å². The average Bonchev–Trinajstić information content (AvgIpc) is 2.46. The van der Waals surface area contributed by atoms with E-state index in [9.17, 15) is 9.90 Å². The van der Waals surface area contributed by atoms with Gasteiger partial charge >= 0.3 is 5.97 Å². The van der Waals surface area contributed by atoms with Gasteiger partial charge in [-0.2, -0.15) is 0 Å². The number of methoxy groups -OCH3 is 1. The van der Waals surface area contributed by atoms with Crippen molar-refractivity contribution < 1.29 is 19.4 Å². The minimum Gasteiger partial charge on any atom is -0.468 e. The second-order valence-electron chi connectivity index (χ2n) is 4.99. The predicted molar refractivity (Wildman–Crippen MR) is 80.6 cm³/mol. The molecule has 1 unspecified atom stereocenters. The number of hydrogen-bond acceptors (Lipinski definition) is 4. The fraction of sp³-hybridized carbons (Fsp3) is 0.533. The monoisotopic (exact) mass is 344 g/mol. The minimum atomic E-state index is -1.13. The van der Waals surface area contributed by atoms with Crippen molar-refractivity contribution in [1.29, 1.82) is 0 Å². The first-order valence-corrected chi connectivity index (χ1v) is 7.26. The van der Waals surface area contributed by atoms with Crippen LogP contribution in [-0.4, -0.2) is 35.2 Å². The van der Waals surface area contributed by atoms with Crippen molar-refractivity contribution in [3.63, 3.8) is 0 Å². The molecule has 3 atom stereocenters. The summed E-state index contributed by atoms with van der Waals surface area (Å²) in [6.45, 7) is 4.26. The minimum absolute atomic E-state index is 0.206. The number of halogens is 1. The lowest BCUT2D eigenvalue weighted by molar-refractivity contribution is -0.147. The number of esters is 1. The summed E-state index contributed by atoms with van der Waals surface area (Å²) < 4.78 is 9.12. The summed E-state index contributed by atoms with van der Waals surface area (Å²) in [6.07, 6.45) is -0.897. The molecule has 1 aromatic rings. The molecule has 1 aromatic carbocycles. The molecule has 1 N–H and O–H groups in total. The second kappa shape index (κ2) is 7.76. The van der Waals surface area contributed by atoms with Crippen molar-refractivity contribution in [3.05, 3.63) is 35.9 Å². The summed E-state index contributed by atoms with van der Waals surface area (Å²) in [5, 5.41) is 10.2. The predicted octanol–water partition coefficient (Wildman–Crippen LogP) is 2.53. The average molecular weight is 345 g/mol. The third-order valence-corrected chi connectivity index (χ3v) is 3.96. The van der Waals surface area contributed by atoms with Crippen molar-refractivity contribution in [2.24, 2.45) is 5.92 Å². The van der Waals surface area contributed by atoms with Crippen LogP contribution in [0.4, 0.5) is 0 Å². The lowest BCUT2D eigenvalue weighted by Gasteiger charge is -2.30. The van der Waals surface area contributed by atoms with Gasteiger partial charge in [-0.15, -0.1) is 0 Å². The van der Waals surface area contributed by atoms with Gasteiger partial charge in [0.2, 0.25) is 0 Å². The summed E-state index contributed by atoms with van der Waals surface area (Å²) in [5.41, 5.74) is 1.07. The highest BCUT2D eigenvalue weighted by molar-refractivity contribution is 9.10. The third kappa shape index (κ3) is 4.58. The molecule has 0 bridgehead atoms. The van der Waals surface area contributed by atoms with Gasteiger partial charge in [0, 0.05) is 5.92 Å². The zero-order valence-electron chi connectivity index (χ0n) is 12.0. The fourth-order valence-electron chi connectivity index (χ4n) is 1.88. The largest absolute Gasteiger partial charge is 0.468 e. The van der Waals surface area contributed by atoms with Crippen LogP contribution < -0.4 is 0 Å². The first-order chi connectivity index (χ1) is 9.39. The van der Waals surface area contributed by atoms with E-state index in [1.165, 1.54) is 7.11 Å². The van der Waals surface area contributed by atoms with Crippen LogP contribution in [0.15, 0.2) is 30.3 Å². The number of alkyl halides is 1. The molecular weight excluding hydrogens is 324 g/mol. The van der Waals surface area contributed by atoms with E-state index in [0.717, 1.165) is 5.56 Å². The molecule has 0 saturated heterocycles.